The lowest BCUT2D eigenvalue weighted by molar-refractivity contribution is 0.0657. The summed E-state index contributed by atoms with van der Waals surface area (Å²) in [6.07, 6.45) is 0.188. The number of ether oxygens (including phenoxy) is 1. The standard InChI is InChI=1S/C13H17N5O2/c1-9(2)20-8-10-3-5-11(6-4-10)13(19)14-7-12-15-17-18-16-12/h3-6,9H,7-8H2,1-2H3,(H,14,19)(H,15,16,17,18). The Morgan fingerprint density at radius 3 is 2.70 bits per heavy atom. The van der Waals surface area contributed by atoms with Gasteiger partial charge in [0, 0.05) is 5.56 Å². The molecule has 1 aromatic carbocycles. The van der Waals surface area contributed by atoms with E-state index in [1.807, 2.05) is 26.0 Å². The topological polar surface area (TPSA) is 92.8 Å². The van der Waals surface area contributed by atoms with Crippen molar-refractivity contribution in [3.63, 3.8) is 0 Å². The molecule has 2 rings (SSSR count). The Hall–Kier alpha value is -2.28. The number of hydrogen-bond acceptors (Lipinski definition) is 5. The van der Waals surface area contributed by atoms with Gasteiger partial charge >= 0.3 is 0 Å². The molecule has 0 saturated heterocycles. The number of tetrazole rings is 1. The van der Waals surface area contributed by atoms with E-state index in [1.54, 1.807) is 12.1 Å². The zero-order chi connectivity index (χ0) is 14.4. The van der Waals surface area contributed by atoms with E-state index < -0.39 is 0 Å². The predicted octanol–water partition coefficient (Wildman–Crippen LogP) is 1.05. The second-order valence-electron chi connectivity index (χ2n) is 4.57. The molecular formula is C13H17N5O2. The maximum atomic E-state index is 11.9. The van der Waals surface area contributed by atoms with E-state index in [0.717, 1.165) is 5.56 Å². The molecule has 7 nitrogen and oxygen atoms in total. The van der Waals surface area contributed by atoms with Crippen LogP contribution < -0.4 is 5.32 Å². The monoisotopic (exact) mass is 275 g/mol. The first-order valence-corrected chi connectivity index (χ1v) is 6.36. The number of hydrogen-bond donors (Lipinski definition) is 2. The van der Waals surface area contributed by atoms with Gasteiger partial charge in [0.25, 0.3) is 5.91 Å². The molecule has 0 atom stereocenters. The fourth-order valence-corrected chi connectivity index (χ4v) is 1.53. The van der Waals surface area contributed by atoms with Crippen molar-refractivity contribution in [2.24, 2.45) is 0 Å². The Morgan fingerprint density at radius 2 is 2.10 bits per heavy atom. The van der Waals surface area contributed by atoms with Crippen LogP contribution in [-0.4, -0.2) is 32.6 Å². The van der Waals surface area contributed by atoms with Gasteiger partial charge in [0.1, 0.15) is 0 Å². The van der Waals surface area contributed by atoms with Crippen LogP contribution in [0.2, 0.25) is 0 Å². The summed E-state index contributed by atoms with van der Waals surface area (Å²) >= 11 is 0. The lowest BCUT2D eigenvalue weighted by Crippen LogP contribution is -2.23. The van der Waals surface area contributed by atoms with Gasteiger partial charge in [0.05, 0.1) is 19.3 Å². The number of rotatable bonds is 6. The molecule has 0 aliphatic rings. The summed E-state index contributed by atoms with van der Waals surface area (Å²) in [6.45, 7) is 4.76. The Kier molecular flexibility index (Phi) is 4.78. The summed E-state index contributed by atoms with van der Waals surface area (Å²) in [5.74, 6) is 0.270. The summed E-state index contributed by atoms with van der Waals surface area (Å²) in [5, 5.41) is 16.0. The van der Waals surface area contributed by atoms with Crippen LogP contribution in [0.15, 0.2) is 24.3 Å². The largest absolute Gasteiger partial charge is 0.374 e. The van der Waals surface area contributed by atoms with Gasteiger partial charge in [-0.15, -0.1) is 10.2 Å². The number of nitrogens with one attached hydrogen (secondary N) is 2. The lowest BCUT2D eigenvalue weighted by atomic mass is 10.1. The fraction of sp³-hybridized carbons (Fsp3) is 0.385. The summed E-state index contributed by atoms with van der Waals surface area (Å²) < 4.78 is 5.50. The summed E-state index contributed by atoms with van der Waals surface area (Å²) in [4.78, 5) is 11.9. The first-order chi connectivity index (χ1) is 9.65. The molecule has 0 radical (unpaired) electrons. The summed E-state index contributed by atoms with van der Waals surface area (Å²) in [7, 11) is 0. The van der Waals surface area contributed by atoms with Gasteiger partial charge < -0.3 is 10.1 Å². The van der Waals surface area contributed by atoms with Crippen LogP contribution in [0.5, 0.6) is 0 Å². The van der Waals surface area contributed by atoms with E-state index in [2.05, 4.69) is 25.9 Å². The average molecular weight is 275 g/mol. The maximum absolute atomic E-state index is 11.9. The van der Waals surface area contributed by atoms with Crippen LogP contribution in [-0.2, 0) is 17.9 Å². The molecule has 2 N–H and O–H groups in total. The molecule has 20 heavy (non-hydrogen) atoms. The maximum Gasteiger partial charge on any atom is 0.251 e. The molecule has 7 heteroatoms. The van der Waals surface area contributed by atoms with Gasteiger partial charge in [0.15, 0.2) is 5.82 Å². The minimum Gasteiger partial charge on any atom is -0.374 e. The quantitative estimate of drug-likeness (QED) is 0.822. The van der Waals surface area contributed by atoms with Crippen molar-refractivity contribution in [3.8, 4) is 0 Å². The number of carbonyl (C=O) groups excluding carboxylic acids is 1. The van der Waals surface area contributed by atoms with Crippen molar-refractivity contribution in [2.45, 2.75) is 33.1 Å². The zero-order valence-corrected chi connectivity index (χ0v) is 11.5. The minimum absolute atomic E-state index is 0.175. The Balaban J connectivity index is 1.87. The average Bonchev–Trinajstić information content (AvgIpc) is 2.96. The number of aromatic amines is 1. The Labute approximate surface area is 116 Å². The van der Waals surface area contributed by atoms with Crippen LogP contribution in [0.1, 0.15) is 35.6 Å². The van der Waals surface area contributed by atoms with Crippen molar-refractivity contribution in [1.29, 1.82) is 0 Å². The normalized spacial score (nSPS) is 10.8. The van der Waals surface area contributed by atoms with Gasteiger partial charge in [-0.1, -0.05) is 17.3 Å². The predicted molar refractivity (Wildman–Crippen MR) is 71.7 cm³/mol. The molecule has 0 bridgehead atoms. The van der Waals surface area contributed by atoms with Gasteiger partial charge in [-0.25, -0.2) is 0 Å². The number of carbonyl (C=O) groups is 1. The van der Waals surface area contributed by atoms with Crippen molar-refractivity contribution >= 4 is 5.91 Å². The molecule has 0 spiro atoms. The molecule has 0 saturated carbocycles. The van der Waals surface area contributed by atoms with Crippen LogP contribution in [0.25, 0.3) is 0 Å². The van der Waals surface area contributed by atoms with Crippen molar-refractivity contribution in [3.05, 3.63) is 41.2 Å². The Bertz CT molecular complexity index is 536. The fourth-order valence-electron chi connectivity index (χ4n) is 1.53. The molecule has 106 valence electrons. The van der Waals surface area contributed by atoms with E-state index in [-0.39, 0.29) is 18.6 Å². The second kappa shape index (κ2) is 6.76. The third-order valence-corrected chi connectivity index (χ3v) is 2.60. The van der Waals surface area contributed by atoms with E-state index in [0.29, 0.717) is 18.0 Å². The highest BCUT2D eigenvalue weighted by molar-refractivity contribution is 5.94. The number of amides is 1. The smallest absolute Gasteiger partial charge is 0.251 e. The van der Waals surface area contributed by atoms with Gasteiger partial charge in [-0.2, -0.15) is 5.21 Å². The van der Waals surface area contributed by atoms with Crippen LogP contribution in [0.4, 0.5) is 0 Å². The van der Waals surface area contributed by atoms with Gasteiger partial charge in [-0.3, -0.25) is 4.79 Å². The molecule has 0 fully saturated rings. The van der Waals surface area contributed by atoms with Crippen molar-refractivity contribution in [1.82, 2.24) is 25.9 Å². The molecular weight excluding hydrogens is 258 g/mol. The SMILES string of the molecule is CC(C)OCc1ccc(C(=O)NCc2nn[nH]n2)cc1. The number of aromatic nitrogens is 4. The van der Waals surface area contributed by atoms with Gasteiger partial charge in [0.2, 0.25) is 0 Å². The van der Waals surface area contributed by atoms with E-state index in [4.69, 9.17) is 4.74 Å². The molecule has 0 unspecified atom stereocenters. The highest BCUT2D eigenvalue weighted by Gasteiger charge is 2.07. The second-order valence-corrected chi connectivity index (χ2v) is 4.57. The molecule has 0 aliphatic carbocycles. The summed E-state index contributed by atoms with van der Waals surface area (Å²) in [6, 6.07) is 7.30. The first kappa shape index (κ1) is 14.1. The molecule has 1 heterocycles. The molecule has 2 aromatic rings. The zero-order valence-electron chi connectivity index (χ0n) is 11.5. The lowest BCUT2D eigenvalue weighted by Gasteiger charge is -2.08. The van der Waals surface area contributed by atoms with Crippen LogP contribution in [0.3, 0.4) is 0 Å². The number of benzene rings is 1. The van der Waals surface area contributed by atoms with Crippen LogP contribution >= 0.6 is 0 Å². The number of H-pyrrole nitrogens is 1. The van der Waals surface area contributed by atoms with Crippen LogP contribution in [0, 0.1) is 0 Å². The first-order valence-electron chi connectivity index (χ1n) is 6.36. The van der Waals surface area contributed by atoms with E-state index in [9.17, 15) is 4.79 Å². The third kappa shape index (κ3) is 4.13. The molecule has 1 aromatic heterocycles. The van der Waals surface area contributed by atoms with Gasteiger partial charge in [-0.05, 0) is 31.5 Å². The van der Waals surface area contributed by atoms with Crippen molar-refractivity contribution < 1.29 is 9.53 Å². The number of nitrogens with zero attached hydrogens (tertiary/aromatic N) is 3. The highest BCUT2D eigenvalue weighted by atomic mass is 16.5. The summed E-state index contributed by atoms with van der Waals surface area (Å²) in [5.41, 5.74) is 1.62. The van der Waals surface area contributed by atoms with E-state index >= 15 is 0 Å². The van der Waals surface area contributed by atoms with Crippen molar-refractivity contribution in [2.75, 3.05) is 0 Å². The van der Waals surface area contributed by atoms with E-state index in [1.165, 1.54) is 0 Å². The minimum atomic E-state index is -0.175. The molecule has 0 aliphatic heterocycles. The Morgan fingerprint density at radius 1 is 1.35 bits per heavy atom. The highest BCUT2D eigenvalue weighted by Crippen LogP contribution is 2.07. The molecule has 1 amide bonds. The third-order valence-electron chi connectivity index (χ3n) is 2.60.